The number of carbonyl (C=O) groups excluding carboxylic acids is 3. The minimum atomic E-state index is -1.11. The Kier molecular flexibility index (Phi) is 11.4. The molecule has 0 aliphatic carbocycles. The Bertz CT molecular complexity index is 1410. The molecule has 11 nitrogen and oxygen atoms in total. The van der Waals surface area contributed by atoms with Crippen LogP contribution in [0.4, 0.5) is 14.0 Å². The molecule has 2 fully saturated rings. The molecule has 1 aromatic heterocycles. The maximum absolute atomic E-state index is 15.4. The van der Waals surface area contributed by atoms with Crippen LogP contribution in [0.1, 0.15) is 65.9 Å². The van der Waals surface area contributed by atoms with E-state index in [1.807, 2.05) is 13.8 Å². The van der Waals surface area contributed by atoms with Crippen molar-refractivity contribution in [3.8, 4) is 23.1 Å². The van der Waals surface area contributed by atoms with E-state index in [0.717, 1.165) is 12.8 Å². The van der Waals surface area contributed by atoms with Gasteiger partial charge in [-0.25, -0.2) is 19.0 Å². The van der Waals surface area contributed by atoms with Gasteiger partial charge >= 0.3 is 12.2 Å². The molecule has 1 aromatic carbocycles. The molecule has 4 rings (SSSR count). The second kappa shape index (κ2) is 15.3. The van der Waals surface area contributed by atoms with Crippen LogP contribution in [0.5, 0.6) is 5.88 Å². The van der Waals surface area contributed by atoms with Crippen molar-refractivity contribution in [3.63, 3.8) is 0 Å². The van der Waals surface area contributed by atoms with Gasteiger partial charge in [0, 0.05) is 43.9 Å². The predicted molar refractivity (Wildman–Crippen MR) is 168 cm³/mol. The molecule has 2 saturated heterocycles. The summed E-state index contributed by atoms with van der Waals surface area (Å²) in [5.74, 6) is -0.238. The molecule has 46 heavy (non-hydrogen) atoms. The summed E-state index contributed by atoms with van der Waals surface area (Å²) < 4.78 is 32.0. The number of piperidine rings is 1. The lowest BCUT2D eigenvalue weighted by atomic mass is 9.98. The van der Waals surface area contributed by atoms with Crippen LogP contribution in [-0.4, -0.2) is 82.9 Å². The van der Waals surface area contributed by atoms with E-state index >= 15 is 4.39 Å². The number of nitrogens with zero attached hydrogens (tertiary/aromatic N) is 4. The molecule has 2 aromatic rings. The molecule has 1 unspecified atom stereocenters. The minimum Gasteiger partial charge on any atom is -0.477 e. The molecule has 1 N–H and O–H groups in total. The zero-order chi connectivity index (χ0) is 33.4. The van der Waals surface area contributed by atoms with E-state index < -0.39 is 35.5 Å². The number of carbonyl (C=O) groups is 3. The second-order valence-electron chi connectivity index (χ2n) is 13.1. The molecule has 2 aliphatic rings. The second-order valence-corrected chi connectivity index (χ2v) is 13.1. The fourth-order valence-electron chi connectivity index (χ4n) is 5.53. The third kappa shape index (κ3) is 9.55. The van der Waals surface area contributed by atoms with Crippen LogP contribution in [0.2, 0.25) is 0 Å². The number of pyridine rings is 1. The van der Waals surface area contributed by atoms with E-state index in [2.05, 4.69) is 16.4 Å². The summed E-state index contributed by atoms with van der Waals surface area (Å²) in [5, 5.41) is 12.1. The van der Waals surface area contributed by atoms with Crippen molar-refractivity contribution in [2.75, 3.05) is 26.2 Å². The van der Waals surface area contributed by atoms with Crippen LogP contribution in [-0.2, 0) is 20.7 Å². The van der Waals surface area contributed by atoms with Gasteiger partial charge in [0.05, 0.1) is 18.8 Å². The maximum atomic E-state index is 15.4. The van der Waals surface area contributed by atoms with Gasteiger partial charge in [0.15, 0.2) is 0 Å². The lowest BCUT2D eigenvalue weighted by Gasteiger charge is -2.31. The summed E-state index contributed by atoms with van der Waals surface area (Å²) in [6, 6.07) is 8.66. The number of halogens is 1. The number of likely N-dealkylation sites (tertiary alicyclic amines) is 2. The topological polar surface area (TPSA) is 134 Å². The van der Waals surface area contributed by atoms with Gasteiger partial charge in [-0.1, -0.05) is 12.1 Å². The summed E-state index contributed by atoms with van der Waals surface area (Å²) in [6.45, 7) is 10.9. The van der Waals surface area contributed by atoms with E-state index in [4.69, 9.17) is 14.2 Å². The Balaban J connectivity index is 1.37. The Morgan fingerprint density at radius 1 is 1.09 bits per heavy atom. The molecule has 3 heterocycles. The molecular weight excluding hydrogens is 593 g/mol. The number of alkyl carbamates (subject to hydrolysis) is 1. The van der Waals surface area contributed by atoms with E-state index in [-0.39, 0.29) is 24.2 Å². The molecule has 0 saturated carbocycles. The average molecular weight is 638 g/mol. The quantitative estimate of drug-likeness (QED) is 0.383. The van der Waals surface area contributed by atoms with Gasteiger partial charge in [0.2, 0.25) is 11.8 Å². The SMILES string of the molecule is CC(C)OC(=O)N1CCC(COc2ccc(-c3ccc(CC(NC(=O)OC(C)(C)C)C(=O)N4CCC[C@H]4C#N)c(F)c3)cn2)CC1. The van der Waals surface area contributed by atoms with Crippen molar-refractivity contribution in [2.24, 2.45) is 5.92 Å². The van der Waals surface area contributed by atoms with Gasteiger partial charge in [0.1, 0.15) is 23.5 Å². The third-order valence-electron chi connectivity index (χ3n) is 7.90. The van der Waals surface area contributed by atoms with Crippen LogP contribution < -0.4 is 10.1 Å². The Labute approximate surface area is 270 Å². The number of hydrogen-bond donors (Lipinski definition) is 1. The molecule has 248 valence electrons. The number of nitriles is 1. The van der Waals surface area contributed by atoms with E-state index in [1.54, 1.807) is 56.1 Å². The lowest BCUT2D eigenvalue weighted by molar-refractivity contribution is -0.133. The molecular formula is C34H44FN5O6. The van der Waals surface area contributed by atoms with Gasteiger partial charge in [-0.3, -0.25) is 4.79 Å². The van der Waals surface area contributed by atoms with E-state index in [9.17, 15) is 19.6 Å². The summed E-state index contributed by atoms with van der Waals surface area (Å²) in [6.07, 6.45) is 3.15. The smallest absolute Gasteiger partial charge is 0.410 e. The van der Waals surface area contributed by atoms with E-state index in [0.29, 0.717) is 62.0 Å². The molecule has 2 atom stereocenters. The fraction of sp³-hybridized carbons (Fsp3) is 0.559. The first-order valence-corrected chi connectivity index (χ1v) is 15.9. The summed E-state index contributed by atoms with van der Waals surface area (Å²) >= 11 is 0. The summed E-state index contributed by atoms with van der Waals surface area (Å²) in [4.78, 5) is 45.7. The number of aromatic nitrogens is 1. The number of nitrogens with one attached hydrogen (secondary N) is 1. The fourth-order valence-corrected chi connectivity index (χ4v) is 5.53. The van der Waals surface area contributed by atoms with Crippen molar-refractivity contribution in [2.45, 2.75) is 90.5 Å². The molecule has 12 heteroatoms. The zero-order valence-corrected chi connectivity index (χ0v) is 27.3. The van der Waals surface area contributed by atoms with Crippen molar-refractivity contribution in [1.29, 1.82) is 5.26 Å². The predicted octanol–water partition coefficient (Wildman–Crippen LogP) is 5.47. The summed E-state index contributed by atoms with van der Waals surface area (Å²) in [7, 11) is 0. The monoisotopic (exact) mass is 637 g/mol. The van der Waals surface area contributed by atoms with E-state index in [1.165, 1.54) is 11.0 Å². The van der Waals surface area contributed by atoms with Crippen LogP contribution in [0, 0.1) is 23.1 Å². The number of ether oxygens (including phenoxy) is 3. The summed E-state index contributed by atoms with van der Waals surface area (Å²) in [5.41, 5.74) is 0.725. The highest BCUT2D eigenvalue weighted by Gasteiger charge is 2.35. The van der Waals surface area contributed by atoms with Crippen molar-refractivity contribution >= 4 is 18.1 Å². The Hall–Kier alpha value is -4.40. The molecule has 2 aliphatic heterocycles. The van der Waals surface area contributed by atoms with Crippen LogP contribution in [0.15, 0.2) is 36.5 Å². The van der Waals surface area contributed by atoms with Crippen LogP contribution in [0.3, 0.4) is 0 Å². The van der Waals surface area contributed by atoms with Gasteiger partial charge in [-0.15, -0.1) is 0 Å². The number of benzene rings is 1. The zero-order valence-electron chi connectivity index (χ0n) is 27.3. The minimum absolute atomic E-state index is 0.109. The Morgan fingerprint density at radius 3 is 2.41 bits per heavy atom. The van der Waals surface area contributed by atoms with Crippen LogP contribution >= 0.6 is 0 Å². The first kappa shape index (κ1) is 34.5. The van der Waals surface area contributed by atoms with Gasteiger partial charge < -0.3 is 29.3 Å². The molecule has 0 radical (unpaired) electrons. The number of hydrogen-bond acceptors (Lipinski definition) is 8. The van der Waals surface area contributed by atoms with Gasteiger partial charge in [-0.05, 0) is 89.5 Å². The molecule has 0 spiro atoms. The number of amides is 3. The molecule has 3 amide bonds. The normalized spacial score (nSPS) is 17.7. The standard InChI is InChI=1S/C34H44FN5O6/c1-22(2)45-33(43)39-15-12-23(13-16-39)21-44-30-11-10-26(20-37-30)24-8-9-25(28(35)17-24)18-29(38-32(42)46-34(3,4)5)31(41)40-14-6-7-27(40)19-36/h8-11,17,20,22-23,27,29H,6-7,12-16,18,21H2,1-5H3,(H,38,42)/t27-,29?/m0/s1. The van der Waals surface area contributed by atoms with Crippen LogP contribution in [0.25, 0.3) is 11.1 Å². The maximum Gasteiger partial charge on any atom is 0.410 e. The highest BCUT2D eigenvalue weighted by atomic mass is 19.1. The van der Waals surface area contributed by atoms with Crippen molar-refractivity contribution < 1.29 is 33.0 Å². The number of rotatable bonds is 9. The van der Waals surface area contributed by atoms with Gasteiger partial charge in [-0.2, -0.15) is 5.26 Å². The first-order chi connectivity index (χ1) is 21.8. The first-order valence-electron chi connectivity index (χ1n) is 15.9. The molecule has 0 bridgehead atoms. The van der Waals surface area contributed by atoms with Gasteiger partial charge in [0.25, 0.3) is 0 Å². The lowest BCUT2D eigenvalue weighted by Crippen LogP contribution is -2.51. The average Bonchev–Trinajstić information content (AvgIpc) is 3.48. The Morgan fingerprint density at radius 2 is 1.80 bits per heavy atom. The largest absolute Gasteiger partial charge is 0.477 e. The highest BCUT2D eigenvalue weighted by Crippen LogP contribution is 2.26. The highest BCUT2D eigenvalue weighted by molar-refractivity contribution is 5.87. The third-order valence-corrected chi connectivity index (χ3v) is 7.90. The van der Waals surface area contributed by atoms with Crippen molar-refractivity contribution in [3.05, 3.63) is 47.9 Å². The van der Waals surface area contributed by atoms with Crippen molar-refractivity contribution in [1.82, 2.24) is 20.1 Å².